The lowest BCUT2D eigenvalue weighted by Crippen LogP contribution is -2.40. The molecule has 1 fully saturated rings. The molecule has 2 aliphatic carbocycles. The maximum atomic E-state index is 12.5. The highest BCUT2D eigenvalue weighted by Crippen LogP contribution is 2.48. The summed E-state index contributed by atoms with van der Waals surface area (Å²) in [6, 6.07) is 4.74. The lowest BCUT2D eigenvalue weighted by Gasteiger charge is -2.24. The molecule has 134 valence electrons. The van der Waals surface area contributed by atoms with Gasteiger partial charge in [0.2, 0.25) is 5.91 Å². The molecule has 4 atom stereocenters. The maximum absolute atomic E-state index is 12.5. The number of nitrogens with one attached hydrogen (secondary N) is 1. The first kappa shape index (κ1) is 17.4. The Bertz CT molecular complexity index is 719. The SMILES string of the molecule is Cc1ccc(OC(F)F)c(CNC(=O)C2C3C=CC(C3)C2C(=O)O)c1. The third kappa shape index (κ3) is 3.50. The number of allylic oxidation sites excluding steroid dienone is 2. The Morgan fingerprint density at radius 2 is 1.96 bits per heavy atom. The second-order valence-electron chi connectivity index (χ2n) is 6.55. The van der Waals surface area contributed by atoms with Gasteiger partial charge in [-0.2, -0.15) is 8.78 Å². The van der Waals surface area contributed by atoms with Crippen molar-refractivity contribution in [2.45, 2.75) is 26.5 Å². The van der Waals surface area contributed by atoms with Gasteiger partial charge in [0.1, 0.15) is 5.75 Å². The van der Waals surface area contributed by atoms with E-state index in [4.69, 9.17) is 0 Å². The van der Waals surface area contributed by atoms with Crippen LogP contribution in [-0.4, -0.2) is 23.6 Å². The highest BCUT2D eigenvalue weighted by molar-refractivity contribution is 5.86. The monoisotopic (exact) mass is 351 g/mol. The Balaban J connectivity index is 1.71. The molecule has 0 radical (unpaired) electrons. The van der Waals surface area contributed by atoms with Crippen LogP contribution in [0.4, 0.5) is 8.78 Å². The Labute approximate surface area is 143 Å². The van der Waals surface area contributed by atoms with E-state index in [1.807, 2.05) is 12.2 Å². The first-order valence-electron chi connectivity index (χ1n) is 8.10. The summed E-state index contributed by atoms with van der Waals surface area (Å²) in [4.78, 5) is 24.0. The van der Waals surface area contributed by atoms with Crippen molar-refractivity contribution in [1.29, 1.82) is 0 Å². The lowest BCUT2D eigenvalue weighted by atomic mass is 9.82. The van der Waals surface area contributed by atoms with E-state index in [9.17, 15) is 23.5 Å². The number of carbonyl (C=O) groups is 2. The van der Waals surface area contributed by atoms with E-state index in [1.54, 1.807) is 19.1 Å². The Hall–Kier alpha value is -2.44. The second-order valence-corrected chi connectivity index (χ2v) is 6.55. The van der Waals surface area contributed by atoms with Crippen LogP contribution in [0.3, 0.4) is 0 Å². The fraction of sp³-hybridized carbons (Fsp3) is 0.444. The number of carboxylic acids is 1. The van der Waals surface area contributed by atoms with Gasteiger partial charge in [-0.3, -0.25) is 9.59 Å². The van der Waals surface area contributed by atoms with E-state index in [-0.39, 0.29) is 30.0 Å². The maximum Gasteiger partial charge on any atom is 0.387 e. The smallest absolute Gasteiger partial charge is 0.387 e. The molecule has 2 N–H and O–H groups in total. The molecule has 0 aliphatic heterocycles. The lowest BCUT2D eigenvalue weighted by molar-refractivity contribution is -0.147. The van der Waals surface area contributed by atoms with Crippen LogP contribution in [0.25, 0.3) is 0 Å². The molecule has 2 bridgehead atoms. The molecule has 3 rings (SSSR count). The number of ether oxygens (including phenoxy) is 1. The van der Waals surface area contributed by atoms with Gasteiger partial charge in [0.25, 0.3) is 0 Å². The number of amides is 1. The van der Waals surface area contributed by atoms with Crippen LogP contribution in [0.1, 0.15) is 17.5 Å². The number of alkyl halides is 2. The predicted octanol–water partition coefficient (Wildman–Crippen LogP) is 2.74. The second kappa shape index (κ2) is 6.82. The molecule has 25 heavy (non-hydrogen) atoms. The minimum absolute atomic E-state index is 0.00326. The van der Waals surface area contributed by atoms with Crippen molar-refractivity contribution in [3.8, 4) is 5.75 Å². The van der Waals surface area contributed by atoms with Crippen LogP contribution in [0, 0.1) is 30.6 Å². The van der Waals surface area contributed by atoms with Crippen LogP contribution in [-0.2, 0) is 16.1 Å². The molecule has 1 aromatic rings. The number of hydrogen-bond donors (Lipinski definition) is 2. The third-order valence-electron chi connectivity index (χ3n) is 4.93. The molecule has 0 saturated heterocycles. The highest BCUT2D eigenvalue weighted by Gasteiger charge is 2.51. The van der Waals surface area contributed by atoms with Crippen LogP contribution < -0.4 is 10.1 Å². The molecule has 0 spiro atoms. The number of fused-ring (bicyclic) bond motifs is 2. The van der Waals surface area contributed by atoms with Crippen molar-refractivity contribution in [2.75, 3.05) is 0 Å². The Morgan fingerprint density at radius 1 is 1.28 bits per heavy atom. The van der Waals surface area contributed by atoms with Crippen LogP contribution in [0.5, 0.6) is 5.75 Å². The molecule has 7 heteroatoms. The summed E-state index contributed by atoms with van der Waals surface area (Å²) in [5, 5.41) is 12.1. The van der Waals surface area contributed by atoms with Crippen molar-refractivity contribution < 1.29 is 28.2 Å². The third-order valence-corrected chi connectivity index (χ3v) is 4.93. The molecule has 1 saturated carbocycles. The molecule has 0 aromatic heterocycles. The molecule has 1 aromatic carbocycles. The van der Waals surface area contributed by atoms with Gasteiger partial charge in [0.05, 0.1) is 11.8 Å². The zero-order chi connectivity index (χ0) is 18.1. The molecule has 1 amide bonds. The number of carboxylic acid groups (broad SMARTS) is 1. The van der Waals surface area contributed by atoms with Crippen LogP contribution in [0.2, 0.25) is 0 Å². The van der Waals surface area contributed by atoms with Crippen LogP contribution >= 0.6 is 0 Å². The molecule has 0 heterocycles. The molecule has 4 unspecified atom stereocenters. The minimum Gasteiger partial charge on any atom is -0.481 e. The van der Waals surface area contributed by atoms with Gasteiger partial charge in [-0.1, -0.05) is 29.8 Å². The van der Waals surface area contributed by atoms with E-state index in [2.05, 4.69) is 10.1 Å². The molecule has 2 aliphatic rings. The largest absolute Gasteiger partial charge is 0.481 e. The van der Waals surface area contributed by atoms with Gasteiger partial charge in [-0.25, -0.2) is 0 Å². The molecular formula is C18H19F2NO4. The zero-order valence-electron chi connectivity index (χ0n) is 13.6. The fourth-order valence-corrected chi connectivity index (χ4v) is 3.87. The summed E-state index contributed by atoms with van der Waals surface area (Å²) < 4.78 is 29.5. The highest BCUT2D eigenvalue weighted by atomic mass is 19.3. The van der Waals surface area contributed by atoms with E-state index >= 15 is 0 Å². The number of benzene rings is 1. The van der Waals surface area contributed by atoms with Gasteiger partial charge >= 0.3 is 12.6 Å². The van der Waals surface area contributed by atoms with E-state index in [1.165, 1.54) is 6.07 Å². The van der Waals surface area contributed by atoms with Crippen molar-refractivity contribution in [1.82, 2.24) is 5.32 Å². The van der Waals surface area contributed by atoms with E-state index in [0.717, 1.165) is 5.56 Å². The number of halogens is 2. The number of hydrogen-bond acceptors (Lipinski definition) is 3. The summed E-state index contributed by atoms with van der Waals surface area (Å²) in [6.45, 7) is -1.14. The predicted molar refractivity (Wildman–Crippen MR) is 85.0 cm³/mol. The molecular weight excluding hydrogens is 332 g/mol. The topological polar surface area (TPSA) is 75.6 Å². The number of aliphatic carboxylic acids is 1. The average molecular weight is 351 g/mol. The van der Waals surface area contributed by atoms with Gasteiger partial charge in [0, 0.05) is 12.1 Å². The van der Waals surface area contributed by atoms with Gasteiger partial charge < -0.3 is 15.2 Å². The Morgan fingerprint density at radius 3 is 2.60 bits per heavy atom. The zero-order valence-corrected chi connectivity index (χ0v) is 13.6. The minimum atomic E-state index is -2.95. The summed E-state index contributed by atoms with van der Waals surface area (Å²) in [5.41, 5.74) is 1.27. The summed E-state index contributed by atoms with van der Waals surface area (Å²) in [5.74, 6) is -2.90. The normalized spacial score (nSPS) is 26.9. The molecule has 5 nitrogen and oxygen atoms in total. The number of aryl methyl sites for hydroxylation is 1. The quantitative estimate of drug-likeness (QED) is 0.773. The number of carbonyl (C=O) groups excluding carboxylic acids is 1. The summed E-state index contributed by atoms with van der Waals surface area (Å²) >= 11 is 0. The van der Waals surface area contributed by atoms with Gasteiger partial charge in [0.15, 0.2) is 0 Å². The summed E-state index contributed by atoms with van der Waals surface area (Å²) in [7, 11) is 0. The van der Waals surface area contributed by atoms with Crippen molar-refractivity contribution >= 4 is 11.9 Å². The van der Waals surface area contributed by atoms with E-state index < -0.39 is 24.4 Å². The Kier molecular flexibility index (Phi) is 4.74. The fourth-order valence-electron chi connectivity index (χ4n) is 3.87. The number of rotatable bonds is 6. The van der Waals surface area contributed by atoms with Crippen LogP contribution in [0.15, 0.2) is 30.4 Å². The van der Waals surface area contributed by atoms with E-state index in [0.29, 0.717) is 12.0 Å². The standard InChI is InChI=1S/C18H19F2NO4/c1-9-2-5-13(25-18(19)20)12(6-9)8-21-16(22)14-10-3-4-11(7-10)15(14)17(23)24/h2-6,10-11,14-15,18H,7-8H2,1H3,(H,21,22)(H,23,24). The van der Waals surface area contributed by atoms with Gasteiger partial charge in [-0.15, -0.1) is 0 Å². The first-order chi connectivity index (χ1) is 11.9. The van der Waals surface area contributed by atoms with Crippen molar-refractivity contribution in [3.63, 3.8) is 0 Å². The van der Waals surface area contributed by atoms with Crippen molar-refractivity contribution in [3.05, 3.63) is 41.5 Å². The average Bonchev–Trinajstić information content (AvgIpc) is 3.15. The summed E-state index contributed by atoms with van der Waals surface area (Å²) in [6.07, 6.45) is 4.42. The first-order valence-corrected chi connectivity index (χ1v) is 8.10. The van der Waals surface area contributed by atoms with Crippen molar-refractivity contribution in [2.24, 2.45) is 23.7 Å². The van der Waals surface area contributed by atoms with Gasteiger partial charge in [-0.05, 0) is 31.2 Å².